The number of aromatic nitrogens is 1. The molecule has 1 aliphatic rings. The zero-order valence-electron chi connectivity index (χ0n) is 8.28. The number of nitrogens with two attached hydrogens (primary N) is 1. The van der Waals surface area contributed by atoms with Gasteiger partial charge in [-0.25, -0.2) is 8.78 Å². The van der Waals surface area contributed by atoms with Crippen LogP contribution in [0.2, 0.25) is 0 Å². The van der Waals surface area contributed by atoms with Gasteiger partial charge in [0.1, 0.15) is 5.52 Å². The van der Waals surface area contributed by atoms with Crippen LogP contribution in [0.15, 0.2) is 22.6 Å². The number of fused-ring (bicyclic) bond motifs is 1. The first kappa shape index (κ1) is 9.38. The molecule has 1 saturated heterocycles. The maximum Gasteiger partial charge on any atom is 0.298 e. The minimum absolute atomic E-state index is 0.228. The molecular formula is C10H9F2N3O. The maximum atomic E-state index is 12.7. The number of benzene rings is 1. The van der Waals surface area contributed by atoms with Crippen molar-refractivity contribution in [3.63, 3.8) is 0 Å². The molecule has 84 valence electrons. The third kappa shape index (κ3) is 1.37. The summed E-state index contributed by atoms with van der Waals surface area (Å²) in [4.78, 5) is 5.51. The molecule has 2 heterocycles. The van der Waals surface area contributed by atoms with Gasteiger partial charge in [-0.15, -0.1) is 0 Å². The van der Waals surface area contributed by atoms with Crippen molar-refractivity contribution >= 4 is 22.8 Å². The van der Waals surface area contributed by atoms with E-state index in [0.717, 1.165) is 0 Å². The fourth-order valence-corrected chi connectivity index (χ4v) is 1.71. The number of hydrogen-bond donors (Lipinski definition) is 1. The normalized spacial score (nSPS) is 18.8. The Morgan fingerprint density at radius 2 is 2.12 bits per heavy atom. The fourth-order valence-electron chi connectivity index (χ4n) is 1.71. The molecule has 4 nitrogen and oxygen atoms in total. The predicted molar refractivity (Wildman–Crippen MR) is 55.6 cm³/mol. The molecule has 2 N–H and O–H groups in total. The van der Waals surface area contributed by atoms with Gasteiger partial charge in [-0.1, -0.05) is 0 Å². The van der Waals surface area contributed by atoms with Crippen molar-refractivity contribution in [1.82, 2.24) is 4.98 Å². The highest BCUT2D eigenvalue weighted by molar-refractivity contribution is 5.78. The van der Waals surface area contributed by atoms with Crippen LogP contribution in [0.1, 0.15) is 0 Å². The number of oxazole rings is 1. The van der Waals surface area contributed by atoms with E-state index in [1.54, 1.807) is 18.2 Å². The second kappa shape index (κ2) is 2.84. The van der Waals surface area contributed by atoms with Crippen LogP contribution in [0, 0.1) is 0 Å². The van der Waals surface area contributed by atoms with Crippen LogP contribution >= 0.6 is 0 Å². The second-order valence-corrected chi connectivity index (χ2v) is 3.94. The molecule has 0 atom stereocenters. The molecular weight excluding hydrogens is 216 g/mol. The SMILES string of the molecule is Nc1ccc2oc(N3CC(F)(F)C3)nc2c1. The van der Waals surface area contributed by atoms with Crippen molar-refractivity contribution in [2.75, 3.05) is 23.7 Å². The average Bonchev–Trinajstić information content (AvgIpc) is 2.56. The lowest BCUT2D eigenvalue weighted by atomic mass is 10.2. The van der Waals surface area contributed by atoms with Crippen molar-refractivity contribution in [1.29, 1.82) is 0 Å². The number of nitrogen functional groups attached to an aromatic ring is 1. The standard InChI is InChI=1S/C10H9F2N3O/c11-10(12)4-15(5-10)9-14-7-3-6(13)1-2-8(7)16-9/h1-3H,4-5,13H2. The van der Waals surface area contributed by atoms with Crippen LogP contribution in [0.5, 0.6) is 0 Å². The van der Waals surface area contributed by atoms with Crippen LogP contribution in [-0.2, 0) is 0 Å². The summed E-state index contributed by atoms with van der Waals surface area (Å²) in [5.41, 5.74) is 7.30. The summed E-state index contributed by atoms with van der Waals surface area (Å²) in [6.07, 6.45) is 0. The Morgan fingerprint density at radius 1 is 1.38 bits per heavy atom. The van der Waals surface area contributed by atoms with E-state index >= 15 is 0 Å². The molecule has 0 spiro atoms. The van der Waals surface area contributed by atoms with E-state index in [4.69, 9.17) is 10.2 Å². The van der Waals surface area contributed by atoms with E-state index in [1.807, 2.05) is 0 Å². The van der Waals surface area contributed by atoms with E-state index < -0.39 is 5.92 Å². The molecule has 1 aromatic carbocycles. The summed E-state index contributed by atoms with van der Waals surface area (Å²) in [5, 5.41) is 0. The lowest BCUT2D eigenvalue weighted by Crippen LogP contribution is -2.56. The molecule has 3 rings (SSSR count). The Kier molecular flexibility index (Phi) is 1.66. The molecule has 0 amide bonds. The van der Waals surface area contributed by atoms with E-state index in [9.17, 15) is 8.78 Å². The molecule has 16 heavy (non-hydrogen) atoms. The number of rotatable bonds is 1. The van der Waals surface area contributed by atoms with Crippen LogP contribution in [0.3, 0.4) is 0 Å². The average molecular weight is 225 g/mol. The first-order valence-electron chi connectivity index (χ1n) is 4.82. The molecule has 0 radical (unpaired) electrons. The molecule has 0 unspecified atom stereocenters. The quantitative estimate of drug-likeness (QED) is 0.752. The zero-order valence-corrected chi connectivity index (χ0v) is 8.28. The van der Waals surface area contributed by atoms with Gasteiger partial charge in [0.25, 0.3) is 11.9 Å². The highest BCUT2D eigenvalue weighted by Crippen LogP contribution is 2.33. The Hall–Kier alpha value is -1.85. The van der Waals surface area contributed by atoms with Gasteiger partial charge in [-0.3, -0.25) is 0 Å². The third-order valence-electron chi connectivity index (χ3n) is 2.52. The van der Waals surface area contributed by atoms with Crippen molar-refractivity contribution < 1.29 is 13.2 Å². The summed E-state index contributed by atoms with van der Waals surface area (Å²) >= 11 is 0. The molecule has 1 aromatic heterocycles. The Labute approximate surface area is 89.6 Å². The van der Waals surface area contributed by atoms with Crippen LogP contribution in [0.4, 0.5) is 20.5 Å². The first-order valence-corrected chi connectivity index (χ1v) is 4.82. The number of alkyl halides is 2. The molecule has 2 aromatic rings. The molecule has 1 aliphatic heterocycles. The molecule has 0 bridgehead atoms. The topological polar surface area (TPSA) is 55.3 Å². The fraction of sp³-hybridized carbons (Fsp3) is 0.300. The lowest BCUT2D eigenvalue weighted by molar-refractivity contribution is -0.0287. The number of nitrogens with zero attached hydrogens (tertiary/aromatic N) is 2. The highest BCUT2D eigenvalue weighted by atomic mass is 19.3. The van der Waals surface area contributed by atoms with Crippen molar-refractivity contribution in [2.45, 2.75) is 5.92 Å². The van der Waals surface area contributed by atoms with Gasteiger partial charge in [-0.05, 0) is 18.2 Å². The smallest absolute Gasteiger partial charge is 0.298 e. The summed E-state index contributed by atoms with van der Waals surface area (Å²) in [6.45, 7) is -0.676. The molecule has 1 fully saturated rings. The van der Waals surface area contributed by atoms with Gasteiger partial charge < -0.3 is 15.1 Å². The van der Waals surface area contributed by atoms with Crippen molar-refractivity contribution in [2.24, 2.45) is 0 Å². The lowest BCUT2D eigenvalue weighted by Gasteiger charge is -2.37. The summed E-state index contributed by atoms with van der Waals surface area (Å²) < 4.78 is 30.7. The Morgan fingerprint density at radius 3 is 2.81 bits per heavy atom. The maximum absolute atomic E-state index is 12.7. The minimum atomic E-state index is -2.63. The molecule has 0 aliphatic carbocycles. The van der Waals surface area contributed by atoms with Gasteiger partial charge in [0.05, 0.1) is 13.1 Å². The van der Waals surface area contributed by atoms with Gasteiger partial charge in [-0.2, -0.15) is 4.98 Å². The van der Waals surface area contributed by atoms with Crippen molar-refractivity contribution in [3.8, 4) is 0 Å². The van der Waals surface area contributed by atoms with Gasteiger partial charge in [0.2, 0.25) is 0 Å². The number of halogens is 2. The molecule has 6 heteroatoms. The predicted octanol–water partition coefficient (Wildman–Crippen LogP) is 1.87. The number of anilines is 2. The Balaban J connectivity index is 1.95. The summed E-state index contributed by atoms with van der Waals surface area (Å²) in [7, 11) is 0. The van der Waals surface area contributed by atoms with E-state index in [1.165, 1.54) is 4.90 Å². The summed E-state index contributed by atoms with van der Waals surface area (Å²) in [5.74, 6) is -2.63. The van der Waals surface area contributed by atoms with Gasteiger partial charge in [0, 0.05) is 5.69 Å². The second-order valence-electron chi connectivity index (χ2n) is 3.94. The molecule has 0 saturated carbocycles. The van der Waals surface area contributed by atoms with Crippen LogP contribution < -0.4 is 10.6 Å². The zero-order chi connectivity index (χ0) is 11.3. The monoisotopic (exact) mass is 225 g/mol. The first-order chi connectivity index (χ1) is 7.53. The third-order valence-corrected chi connectivity index (χ3v) is 2.52. The Bertz CT molecular complexity index is 544. The van der Waals surface area contributed by atoms with E-state index in [2.05, 4.69) is 4.98 Å². The van der Waals surface area contributed by atoms with Crippen LogP contribution in [0.25, 0.3) is 11.1 Å². The van der Waals surface area contributed by atoms with Crippen LogP contribution in [-0.4, -0.2) is 24.0 Å². The summed E-state index contributed by atoms with van der Waals surface area (Å²) in [6, 6.07) is 5.24. The van der Waals surface area contributed by atoms with Gasteiger partial charge in [0.15, 0.2) is 5.58 Å². The minimum Gasteiger partial charge on any atom is -0.423 e. The highest BCUT2D eigenvalue weighted by Gasteiger charge is 2.45. The van der Waals surface area contributed by atoms with E-state index in [0.29, 0.717) is 16.8 Å². The van der Waals surface area contributed by atoms with Crippen molar-refractivity contribution in [3.05, 3.63) is 18.2 Å². The number of hydrogen-bond acceptors (Lipinski definition) is 4. The largest absolute Gasteiger partial charge is 0.423 e. The van der Waals surface area contributed by atoms with E-state index in [-0.39, 0.29) is 19.1 Å². The van der Waals surface area contributed by atoms with Gasteiger partial charge >= 0.3 is 0 Å².